The minimum Gasteiger partial charge on any atom is -0.294 e. The zero-order valence-corrected chi connectivity index (χ0v) is 10.2. The van der Waals surface area contributed by atoms with Gasteiger partial charge in [0.05, 0.1) is 3.79 Å². The smallest absolute Gasteiger partial charge is 0.162 e. The summed E-state index contributed by atoms with van der Waals surface area (Å²) < 4.78 is 1.09. The first-order valence-electron chi connectivity index (χ1n) is 4.71. The number of hydrogen-bond acceptors (Lipinski definition) is 2. The lowest BCUT2D eigenvalue weighted by Crippen LogP contribution is -2.04. The summed E-state index contributed by atoms with van der Waals surface area (Å²) in [5, 5.41) is 2.01. The van der Waals surface area contributed by atoms with Crippen molar-refractivity contribution in [2.45, 2.75) is 25.7 Å². The number of Topliss-reactive ketones (excluding diaryl/α,β-unsaturated/α-hetero) is 1. The van der Waals surface area contributed by atoms with Crippen LogP contribution in [0.1, 0.15) is 24.8 Å². The van der Waals surface area contributed by atoms with E-state index in [1.54, 1.807) is 11.3 Å². The molecule has 0 fully saturated rings. The van der Waals surface area contributed by atoms with Gasteiger partial charge in [-0.3, -0.25) is 4.79 Å². The van der Waals surface area contributed by atoms with Crippen LogP contribution < -0.4 is 0 Å². The average molecular weight is 271 g/mol. The molecule has 1 aliphatic rings. The topological polar surface area (TPSA) is 17.1 Å². The van der Waals surface area contributed by atoms with Crippen LogP contribution in [0, 0.1) is 0 Å². The van der Waals surface area contributed by atoms with Gasteiger partial charge in [0.1, 0.15) is 0 Å². The van der Waals surface area contributed by atoms with Gasteiger partial charge in [-0.2, -0.15) is 0 Å². The van der Waals surface area contributed by atoms with E-state index in [1.165, 1.54) is 0 Å². The minimum atomic E-state index is 0.293. The quantitative estimate of drug-likeness (QED) is 0.818. The fourth-order valence-corrected chi connectivity index (χ4v) is 2.90. The molecule has 1 heterocycles. The zero-order chi connectivity index (χ0) is 9.97. The molecule has 1 nitrogen and oxygen atoms in total. The van der Waals surface area contributed by atoms with Gasteiger partial charge in [-0.1, -0.05) is 6.08 Å². The molecule has 14 heavy (non-hydrogen) atoms. The van der Waals surface area contributed by atoms with Crippen LogP contribution in [0.2, 0.25) is 0 Å². The predicted molar refractivity (Wildman–Crippen MR) is 62.7 cm³/mol. The number of thiophene rings is 1. The lowest BCUT2D eigenvalue weighted by Gasteiger charge is -2.00. The Labute approximate surface area is 96.0 Å². The Kier molecular flexibility index (Phi) is 3.19. The highest BCUT2D eigenvalue weighted by Gasteiger charge is 2.15. The van der Waals surface area contributed by atoms with Crippen molar-refractivity contribution in [2.24, 2.45) is 0 Å². The molecule has 2 rings (SSSR count). The van der Waals surface area contributed by atoms with Crippen LogP contribution in [0.4, 0.5) is 0 Å². The molecule has 0 saturated carbocycles. The van der Waals surface area contributed by atoms with Gasteiger partial charge in [0.2, 0.25) is 0 Å². The fraction of sp³-hybridized carbons (Fsp3) is 0.364. The molecule has 0 unspecified atom stereocenters. The van der Waals surface area contributed by atoms with E-state index < -0.39 is 0 Å². The van der Waals surface area contributed by atoms with Crippen LogP contribution >= 0.6 is 27.3 Å². The summed E-state index contributed by atoms with van der Waals surface area (Å²) in [5.41, 5.74) is 2.15. The molecule has 0 spiro atoms. The highest BCUT2D eigenvalue weighted by atomic mass is 79.9. The van der Waals surface area contributed by atoms with E-state index in [1.807, 2.05) is 11.4 Å². The van der Waals surface area contributed by atoms with Crippen molar-refractivity contribution in [1.29, 1.82) is 0 Å². The molecule has 0 saturated heterocycles. The molecule has 0 N–H and O–H groups in total. The largest absolute Gasteiger partial charge is 0.294 e. The van der Waals surface area contributed by atoms with Crippen LogP contribution in [-0.2, 0) is 11.2 Å². The number of rotatable bonds is 3. The summed E-state index contributed by atoms with van der Waals surface area (Å²) in [5.74, 6) is 0.293. The van der Waals surface area contributed by atoms with Crippen LogP contribution in [0.3, 0.4) is 0 Å². The van der Waals surface area contributed by atoms with Gasteiger partial charge < -0.3 is 0 Å². The summed E-state index contributed by atoms with van der Waals surface area (Å²) in [7, 11) is 0. The van der Waals surface area contributed by atoms with Crippen molar-refractivity contribution in [3.05, 3.63) is 32.4 Å². The summed E-state index contributed by atoms with van der Waals surface area (Å²) in [6.07, 6.45) is 5.83. The van der Waals surface area contributed by atoms with Gasteiger partial charge in [0.15, 0.2) is 5.78 Å². The third kappa shape index (κ3) is 2.15. The molecular weight excluding hydrogens is 260 g/mol. The van der Waals surface area contributed by atoms with Gasteiger partial charge in [0.25, 0.3) is 0 Å². The van der Waals surface area contributed by atoms with Gasteiger partial charge in [-0.05, 0) is 57.8 Å². The van der Waals surface area contributed by atoms with E-state index in [0.717, 1.165) is 34.2 Å². The van der Waals surface area contributed by atoms with Crippen molar-refractivity contribution in [3.63, 3.8) is 0 Å². The van der Waals surface area contributed by atoms with Crippen molar-refractivity contribution < 1.29 is 4.79 Å². The molecular formula is C11H11BrOS. The Morgan fingerprint density at radius 1 is 1.57 bits per heavy atom. The molecule has 74 valence electrons. The molecule has 0 aromatic carbocycles. The highest BCUT2D eigenvalue weighted by molar-refractivity contribution is 9.11. The maximum absolute atomic E-state index is 11.8. The predicted octanol–water partition coefficient (Wildman–Crippen LogP) is 3.73. The SMILES string of the molecule is O=C(Cc1ccsc1Br)C1=CCCC1. The van der Waals surface area contributed by atoms with E-state index in [9.17, 15) is 4.79 Å². The Hall–Kier alpha value is -0.410. The molecule has 1 aromatic rings. The third-order valence-corrected chi connectivity index (χ3v) is 4.25. The molecule has 1 aliphatic carbocycles. The molecule has 0 amide bonds. The molecule has 3 heteroatoms. The van der Waals surface area contributed by atoms with Crippen LogP contribution in [-0.4, -0.2) is 5.78 Å². The fourth-order valence-electron chi connectivity index (χ4n) is 1.66. The monoisotopic (exact) mass is 270 g/mol. The maximum atomic E-state index is 11.8. The minimum absolute atomic E-state index is 0.293. The van der Waals surface area contributed by atoms with Gasteiger partial charge in [-0.25, -0.2) is 0 Å². The standard InChI is InChI=1S/C11H11BrOS/c12-11-9(5-6-14-11)7-10(13)8-3-1-2-4-8/h3,5-6H,1-2,4,7H2. The van der Waals surface area contributed by atoms with Crippen LogP contribution in [0.15, 0.2) is 26.9 Å². The van der Waals surface area contributed by atoms with Crippen molar-refractivity contribution >= 4 is 33.0 Å². The van der Waals surface area contributed by atoms with Crippen LogP contribution in [0.25, 0.3) is 0 Å². The molecule has 0 radical (unpaired) electrons. The van der Waals surface area contributed by atoms with Crippen molar-refractivity contribution in [1.82, 2.24) is 0 Å². The van der Waals surface area contributed by atoms with Gasteiger partial charge in [0, 0.05) is 6.42 Å². The van der Waals surface area contributed by atoms with Crippen molar-refractivity contribution in [3.8, 4) is 0 Å². The Balaban J connectivity index is 2.04. The molecule has 1 aromatic heterocycles. The van der Waals surface area contributed by atoms with Crippen LogP contribution in [0.5, 0.6) is 0 Å². The summed E-state index contributed by atoms with van der Waals surface area (Å²) in [4.78, 5) is 11.8. The first kappa shape index (κ1) is 10.1. The second-order valence-electron chi connectivity index (χ2n) is 3.44. The lowest BCUT2D eigenvalue weighted by atomic mass is 10.1. The lowest BCUT2D eigenvalue weighted by molar-refractivity contribution is -0.115. The molecule has 0 aliphatic heterocycles. The number of halogens is 1. The summed E-state index contributed by atoms with van der Waals surface area (Å²) >= 11 is 5.08. The third-order valence-electron chi connectivity index (χ3n) is 2.44. The molecule has 0 bridgehead atoms. The number of carbonyl (C=O) groups is 1. The van der Waals surface area contributed by atoms with Gasteiger partial charge in [-0.15, -0.1) is 11.3 Å². The van der Waals surface area contributed by atoms with E-state index in [2.05, 4.69) is 22.0 Å². The van der Waals surface area contributed by atoms with Crippen molar-refractivity contribution in [2.75, 3.05) is 0 Å². The number of carbonyl (C=O) groups excluding carboxylic acids is 1. The Morgan fingerprint density at radius 3 is 3.00 bits per heavy atom. The second-order valence-corrected chi connectivity index (χ2v) is 5.68. The zero-order valence-electron chi connectivity index (χ0n) is 7.75. The number of ketones is 1. The van der Waals surface area contributed by atoms with E-state index >= 15 is 0 Å². The normalized spacial score (nSPS) is 15.6. The van der Waals surface area contributed by atoms with E-state index in [-0.39, 0.29) is 0 Å². The number of hydrogen-bond donors (Lipinski definition) is 0. The van der Waals surface area contributed by atoms with Gasteiger partial charge >= 0.3 is 0 Å². The maximum Gasteiger partial charge on any atom is 0.162 e. The average Bonchev–Trinajstić information content (AvgIpc) is 2.77. The Bertz CT molecular complexity index is 378. The van der Waals surface area contributed by atoms with E-state index in [0.29, 0.717) is 12.2 Å². The first-order valence-corrected chi connectivity index (χ1v) is 6.39. The Morgan fingerprint density at radius 2 is 2.43 bits per heavy atom. The second kappa shape index (κ2) is 4.41. The summed E-state index contributed by atoms with van der Waals surface area (Å²) in [6.45, 7) is 0. The summed E-state index contributed by atoms with van der Waals surface area (Å²) in [6, 6.07) is 2.02. The highest BCUT2D eigenvalue weighted by Crippen LogP contribution is 2.26. The first-order chi connectivity index (χ1) is 6.77. The molecule has 0 atom stereocenters. The van der Waals surface area contributed by atoms with E-state index in [4.69, 9.17) is 0 Å². The number of allylic oxidation sites excluding steroid dienone is 2.